The molecule has 1 heterocycles. The first kappa shape index (κ1) is 33.8. The van der Waals surface area contributed by atoms with Crippen LogP contribution in [0.1, 0.15) is 95.0 Å². The third kappa shape index (κ3) is 9.96. The molecule has 10 rings (SSSR count). The van der Waals surface area contributed by atoms with Gasteiger partial charge in [0.1, 0.15) is 5.75 Å². The Morgan fingerprint density at radius 3 is 0.812 bits per heavy atom. The average Bonchev–Trinajstić information content (AvgIpc) is 3.87. The summed E-state index contributed by atoms with van der Waals surface area (Å²) in [6.45, 7) is 0.886. The van der Waals surface area contributed by atoms with Crippen molar-refractivity contribution in [3.63, 3.8) is 0 Å². The zero-order valence-corrected chi connectivity index (χ0v) is 29.0. The molecular formula is C47H54O. The Hall–Kier alpha value is -4.10. The van der Waals surface area contributed by atoms with Gasteiger partial charge >= 0.3 is 0 Å². The Kier molecular flexibility index (Phi) is 13.0. The summed E-state index contributed by atoms with van der Waals surface area (Å²) < 4.78 is 5.42. The van der Waals surface area contributed by atoms with Crippen molar-refractivity contribution in [2.75, 3.05) is 6.61 Å². The molecule has 0 N–H and O–H groups in total. The topological polar surface area (TPSA) is 9.23 Å². The smallest absolute Gasteiger partial charge is 0.122 e. The van der Waals surface area contributed by atoms with E-state index < -0.39 is 0 Å². The fraction of sp³-hybridized carbons (Fsp3) is 0.362. The van der Waals surface area contributed by atoms with Crippen LogP contribution in [0.2, 0.25) is 0 Å². The molecule has 0 aromatic heterocycles. The van der Waals surface area contributed by atoms with Crippen LogP contribution >= 0.6 is 0 Å². The standard InChI is InChI=1S/2C10H12.C9H10O.2C9H10/c2*1-2-6-10-8-4-3-7-9(10)5-1;1-2-6-9-8(4-1)5-3-7-10-9;2*1-2-5-9-7-3-6-8(9)4-1/h2*1-2,5-6H,3-4,7-8H2;1-2,4,6H,3,5,7H2;2*1-2,4-5H,3,6-7H2. The van der Waals surface area contributed by atoms with Crippen molar-refractivity contribution in [2.45, 2.75) is 103 Å². The summed E-state index contributed by atoms with van der Waals surface area (Å²) in [4.78, 5) is 0. The lowest BCUT2D eigenvalue weighted by molar-refractivity contribution is 0.288. The number of aryl methyl sites for hydroxylation is 9. The van der Waals surface area contributed by atoms with E-state index in [0.717, 1.165) is 18.8 Å². The first-order valence-electron chi connectivity index (χ1n) is 18.8. The van der Waals surface area contributed by atoms with Gasteiger partial charge in [-0.3, -0.25) is 0 Å². The minimum absolute atomic E-state index is 0.886. The number of rotatable bonds is 0. The fourth-order valence-electron chi connectivity index (χ4n) is 7.68. The van der Waals surface area contributed by atoms with E-state index in [1.807, 2.05) is 12.1 Å². The van der Waals surface area contributed by atoms with Crippen molar-refractivity contribution in [3.8, 4) is 5.75 Å². The first-order valence-corrected chi connectivity index (χ1v) is 18.8. The third-order valence-corrected chi connectivity index (χ3v) is 10.4. The first-order chi connectivity index (χ1) is 23.8. The molecule has 0 spiro atoms. The molecule has 0 saturated carbocycles. The lowest BCUT2D eigenvalue weighted by atomic mass is 9.92. The molecule has 0 atom stereocenters. The Bertz CT molecular complexity index is 1400. The second-order valence-corrected chi connectivity index (χ2v) is 13.8. The van der Waals surface area contributed by atoms with Crippen molar-refractivity contribution in [1.82, 2.24) is 0 Å². The zero-order valence-electron chi connectivity index (χ0n) is 29.0. The van der Waals surface area contributed by atoms with Gasteiger partial charge in [-0.2, -0.15) is 0 Å². The second-order valence-electron chi connectivity index (χ2n) is 13.8. The Morgan fingerprint density at radius 2 is 0.500 bits per heavy atom. The van der Waals surface area contributed by atoms with Crippen LogP contribution in [0.15, 0.2) is 121 Å². The highest BCUT2D eigenvalue weighted by Crippen LogP contribution is 2.24. The number of hydrogen-bond donors (Lipinski definition) is 0. The maximum Gasteiger partial charge on any atom is 0.122 e. The van der Waals surface area contributed by atoms with Gasteiger partial charge in [-0.25, -0.2) is 0 Å². The summed E-state index contributed by atoms with van der Waals surface area (Å²) in [5.41, 5.74) is 13.9. The van der Waals surface area contributed by atoms with Crippen molar-refractivity contribution >= 4 is 0 Å². The minimum Gasteiger partial charge on any atom is -0.493 e. The van der Waals surface area contributed by atoms with E-state index in [9.17, 15) is 0 Å². The Morgan fingerprint density at radius 1 is 0.250 bits per heavy atom. The number of hydrogen-bond acceptors (Lipinski definition) is 1. The summed E-state index contributed by atoms with van der Waals surface area (Å²) in [6.07, 6.45) is 21.0. The average molecular weight is 635 g/mol. The van der Waals surface area contributed by atoms with Crippen LogP contribution in [-0.2, 0) is 57.8 Å². The van der Waals surface area contributed by atoms with Crippen LogP contribution in [0, 0.1) is 0 Å². The third-order valence-electron chi connectivity index (χ3n) is 10.4. The second kappa shape index (κ2) is 18.4. The molecule has 4 aliphatic carbocycles. The summed E-state index contributed by atoms with van der Waals surface area (Å²) in [6, 6.07) is 43.3. The molecule has 0 radical (unpaired) electrons. The van der Waals surface area contributed by atoms with Gasteiger partial charge < -0.3 is 4.74 Å². The fourth-order valence-corrected chi connectivity index (χ4v) is 7.68. The van der Waals surface area contributed by atoms with Crippen LogP contribution in [0.5, 0.6) is 5.75 Å². The predicted molar refractivity (Wildman–Crippen MR) is 203 cm³/mol. The predicted octanol–water partition coefficient (Wildman–Crippen LogP) is 11.5. The van der Waals surface area contributed by atoms with Gasteiger partial charge in [0.15, 0.2) is 0 Å². The van der Waals surface area contributed by atoms with Gasteiger partial charge in [0.05, 0.1) is 6.61 Å². The lowest BCUT2D eigenvalue weighted by Crippen LogP contribution is -2.07. The van der Waals surface area contributed by atoms with Crippen molar-refractivity contribution < 1.29 is 4.74 Å². The highest BCUT2D eigenvalue weighted by molar-refractivity contribution is 5.35. The molecule has 1 heteroatoms. The molecule has 0 amide bonds. The van der Waals surface area contributed by atoms with Crippen molar-refractivity contribution in [3.05, 3.63) is 171 Å². The van der Waals surface area contributed by atoms with Gasteiger partial charge in [0.2, 0.25) is 0 Å². The highest BCUT2D eigenvalue weighted by Gasteiger charge is 2.10. The lowest BCUT2D eigenvalue weighted by Gasteiger charge is -2.15. The van der Waals surface area contributed by atoms with E-state index >= 15 is 0 Å². The molecule has 248 valence electrons. The number of benzene rings is 5. The quantitative estimate of drug-likeness (QED) is 0.165. The normalized spacial score (nSPS) is 15.9. The number of ether oxygens (including phenoxy) is 1. The molecule has 5 aliphatic rings. The molecular weight excluding hydrogens is 581 g/mol. The molecule has 0 saturated heterocycles. The van der Waals surface area contributed by atoms with Gasteiger partial charge in [-0.1, -0.05) is 115 Å². The highest BCUT2D eigenvalue weighted by atomic mass is 16.5. The summed E-state index contributed by atoms with van der Waals surface area (Å²) >= 11 is 0. The van der Waals surface area contributed by atoms with Gasteiger partial charge in [-0.15, -0.1) is 0 Å². The van der Waals surface area contributed by atoms with Crippen molar-refractivity contribution in [1.29, 1.82) is 0 Å². The minimum atomic E-state index is 0.886. The van der Waals surface area contributed by atoms with Crippen LogP contribution in [0.25, 0.3) is 0 Å². The molecule has 48 heavy (non-hydrogen) atoms. The van der Waals surface area contributed by atoms with Gasteiger partial charge in [0, 0.05) is 0 Å². The van der Waals surface area contributed by atoms with Crippen molar-refractivity contribution in [2.24, 2.45) is 0 Å². The summed E-state index contributed by atoms with van der Waals surface area (Å²) in [5.74, 6) is 1.08. The molecule has 5 aromatic rings. The number of fused-ring (bicyclic) bond motifs is 5. The molecule has 0 bridgehead atoms. The Labute approximate surface area is 290 Å². The Balaban J connectivity index is 0.000000105. The maximum absolute atomic E-state index is 5.42. The molecule has 1 aliphatic heterocycles. The molecule has 0 fully saturated rings. The monoisotopic (exact) mass is 634 g/mol. The molecule has 5 aromatic carbocycles. The van der Waals surface area contributed by atoms with E-state index in [1.165, 1.54) is 102 Å². The van der Waals surface area contributed by atoms with E-state index in [2.05, 4.69) is 109 Å². The van der Waals surface area contributed by atoms with Crippen LogP contribution in [-0.4, -0.2) is 6.61 Å². The largest absolute Gasteiger partial charge is 0.493 e. The summed E-state index contributed by atoms with van der Waals surface area (Å²) in [7, 11) is 0. The number of para-hydroxylation sites is 1. The van der Waals surface area contributed by atoms with E-state index in [1.54, 1.807) is 44.5 Å². The van der Waals surface area contributed by atoms with E-state index in [4.69, 9.17) is 4.74 Å². The molecule has 0 unspecified atom stereocenters. The van der Waals surface area contributed by atoms with Crippen LogP contribution < -0.4 is 4.74 Å². The summed E-state index contributed by atoms with van der Waals surface area (Å²) in [5, 5.41) is 0. The van der Waals surface area contributed by atoms with Gasteiger partial charge in [-0.05, 0) is 159 Å². The van der Waals surface area contributed by atoms with Crippen LogP contribution in [0.3, 0.4) is 0 Å². The SMILES string of the molecule is c1ccc2c(c1)CCC2.c1ccc2c(c1)CCC2.c1ccc2c(c1)CCCC2.c1ccc2c(c1)CCCC2.c1ccc2c(c1)CCCO2. The van der Waals surface area contributed by atoms with E-state index in [0.29, 0.717) is 0 Å². The van der Waals surface area contributed by atoms with Gasteiger partial charge in [0.25, 0.3) is 0 Å². The van der Waals surface area contributed by atoms with Crippen LogP contribution in [0.4, 0.5) is 0 Å². The zero-order chi connectivity index (χ0) is 32.6. The maximum atomic E-state index is 5.42. The molecule has 1 nitrogen and oxygen atoms in total. The van der Waals surface area contributed by atoms with E-state index in [-0.39, 0.29) is 0 Å².